The van der Waals surface area contributed by atoms with Crippen LogP contribution < -0.4 is 38.8 Å². The van der Waals surface area contributed by atoms with Gasteiger partial charge in [0.15, 0.2) is 5.96 Å². The van der Waals surface area contributed by atoms with Crippen LogP contribution in [0.15, 0.2) is 124 Å². The maximum atomic E-state index is 14.1. The summed E-state index contributed by atoms with van der Waals surface area (Å²) >= 11 is 0. The van der Waals surface area contributed by atoms with Crippen molar-refractivity contribution in [3.8, 4) is 11.4 Å². The maximum Gasteiger partial charge on any atom is 0.352 e. The van der Waals surface area contributed by atoms with Crippen LogP contribution in [0.3, 0.4) is 0 Å². The number of halogens is 2. The Morgan fingerprint density at radius 3 is 1.93 bits per heavy atom. The molecular weight excluding hydrogens is 910 g/mol. The summed E-state index contributed by atoms with van der Waals surface area (Å²) in [6.45, 7) is 2.27. The summed E-state index contributed by atoms with van der Waals surface area (Å²) < 4.78 is 3.67. The van der Waals surface area contributed by atoms with Crippen LogP contribution in [0.5, 0.6) is 0 Å². The third kappa shape index (κ3) is 11.3. The van der Waals surface area contributed by atoms with Gasteiger partial charge in [-0.25, -0.2) is 14.2 Å². The predicted molar refractivity (Wildman–Crippen MR) is 266 cm³/mol. The number of carbonyl (C=O) groups is 4. The second kappa shape index (κ2) is 22.9. The lowest BCUT2D eigenvalue weighted by Gasteiger charge is -2.41. The molecule has 2 fully saturated rings. The number of anilines is 1. The summed E-state index contributed by atoms with van der Waals surface area (Å²) in [5.74, 6) is -1.06. The largest absolute Gasteiger partial charge is 0.370 e. The molecule has 1 saturated carbocycles. The molecule has 17 nitrogen and oxygen atoms in total. The Morgan fingerprint density at radius 1 is 0.735 bits per heavy atom. The van der Waals surface area contributed by atoms with E-state index in [4.69, 9.17) is 11.5 Å². The average Bonchev–Trinajstić information content (AvgIpc) is 3.84. The Morgan fingerprint density at radius 2 is 1.31 bits per heavy atom. The quantitative estimate of drug-likeness (QED) is 0.0544. The standard InChI is InChI=1S/C49H57N11O6.2ClH/c50-46(51)53-25-13-22-40(45(64)52-26-27-58-47(65)59(34-14-3-1-4-15-34)60(48(58)66)35-16-5-2-6-17-35)54-41(61)32-49(23-11-12-24-49)33-42(62)56-28-30-57(31-29-56)43-36-18-7-8-19-37(36)44(63)55-39-21-10-9-20-38(39)43;;/h1-10,14-21,40,43H,11-13,22-33H2,(H,52,64)(H,54,61)(H,55,63)(H4,50,51,53);2*1H/t40-,43?;;/m0../s1. The van der Waals surface area contributed by atoms with E-state index in [9.17, 15) is 28.8 Å². The van der Waals surface area contributed by atoms with E-state index in [0.717, 1.165) is 34.2 Å². The van der Waals surface area contributed by atoms with Gasteiger partial charge >= 0.3 is 11.4 Å². The third-order valence-corrected chi connectivity index (χ3v) is 13.0. The number of guanidine groups is 1. The summed E-state index contributed by atoms with van der Waals surface area (Å²) in [5.41, 5.74) is 13.7. The molecule has 2 aliphatic heterocycles. The van der Waals surface area contributed by atoms with E-state index in [1.54, 1.807) is 48.5 Å². The van der Waals surface area contributed by atoms with Crippen LogP contribution in [0.1, 0.15) is 78.9 Å². The number of nitrogens with zero attached hydrogens (tertiary/aromatic N) is 6. The number of fused-ring (bicyclic) bond motifs is 2. The summed E-state index contributed by atoms with van der Waals surface area (Å²) in [6, 6.07) is 32.1. The molecular formula is C49H59Cl2N11O6. The van der Waals surface area contributed by atoms with Gasteiger partial charge in [0.1, 0.15) is 6.04 Å². The van der Waals surface area contributed by atoms with Crippen molar-refractivity contribution in [1.29, 1.82) is 0 Å². The third-order valence-electron chi connectivity index (χ3n) is 13.0. The van der Waals surface area contributed by atoms with Crippen LogP contribution in [0.25, 0.3) is 11.4 Å². The molecule has 0 radical (unpaired) electrons. The molecule has 0 bridgehead atoms. The monoisotopic (exact) mass is 967 g/mol. The fourth-order valence-electron chi connectivity index (χ4n) is 9.78. The summed E-state index contributed by atoms with van der Waals surface area (Å²) in [6.07, 6.45) is 4.10. The molecule has 68 heavy (non-hydrogen) atoms. The molecule has 4 amide bonds. The van der Waals surface area contributed by atoms with Gasteiger partial charge in [-0.15, -0.1) is 24.8 Å². The van der Waals surface area contributed by atoms with Crippen LogP contribution in [0.4, 0.5) is 5.69 Å². The van der Waals surface area contributed by atoms with Gasteiger partial charge in [-0.1, -0.05) is 85.6 Å². The number of benzene rings is 4. The molecule has 0 spiro atoms. The van der Waals surface area contributed by atoms with Crippen molar-refractivity contribution < 1.29 is 19.2 Å². The molecule has 8 rings (SSSR count). The molecule has 5 aromatic rings. The van der Waals surface area contributed by atoms with E-state index in [0.29, 0.717) is 62.4 Å². The smallest absolute Gasteiger partial charge is 0.352 e. The number of hydrogen-bond acceptors (Lipinski definition) is 8. The number of carbonyl (C=O) groups excluding carboxylic acids is 4. The average molecular weight is 969 g/mol. The topological polar surface area (TPSA) is 224 Å². The van der Waals surface area contributed by atoms with E-state index in [1.807, 2.05) is 65.6 Å². The van der Waals surface area contributed by atoms with Crippen LogP contribution in [0, 0.1) is 5.41 Å². The number of aliphatic imine (C=N–C) groups is 1. The Balaban J connectivity index is 0.00000381. The highest BCUT2D eigenvalue weighted by molar-refractivity contribution is 6.07. The number of amides is 4. The lowest BCUT2D eigenvalue weighted by Crippen LogP contribution is -2.51. The van der Waals surface area contributed by atoms with Crippen LogP contribution >= 0.6 is 24.8 Å². The molecule has 1 aliphatic carbocycles. The molecule has 1 saturated heterocycles. The predicted octanol–water partition coefficient (Wildman–Crippen LogP) is 4.13. The molecule has 3 heterocycles. The summed E-state index contributed by atoms with van der Waals surface area (Å²) in [4.78, 5) is 91.0. The second-order valence-electron chi connectivity index (χ2n) is 17.4. The Labute approximate surface area is 406 Å². The SMILES string of the molecule is Cl.Cl.NC(N)=NCCC[C@H](NC(=O)CC1(CC(=O)N2CCN(C3c4ccccc4NC(=O)c4ccccc43)CC2)CCCC1)C(=O)NCCn1c(=O)n(-c2ccccc2)n(-c2ccccc2)c1=O. The number of hydrogen-bond donors (Lipinski definition) is 5. The Kier molecular flexibility index (Phi) is 17.1. The van der Waals surface area contributed by atoms with E-state index in [2.05, 4.69) is 25.8 Å². The number of para-hydroxylation sites is 3. The molecule has 1 aromatic heterocycles. The zero-order chi connectivity index (χ0) is 46.2. The van der Waals surface area contributed by atoms with E-state index in [-0.39, 0.29) is 93.4 Å². The van der Waals surface area contributed by atoms with Gasteiger partial charge < -0.3 is 32.3 Å². The fraction of sp³-hybridized carbons (Fsp3) is 0.367. The molecule has 19 heteroatoms. The first-order valence-corrected chi connectivity index (χ1v) is 22.7. The maximum absolute atomic E-state index is 14.1. The molecule has 2 atom stereocenters. The lowest BCUT2D eigenvalue weighted by molar-refractivity contribution is -0.137. The van der Waals surface area contributed by atoms with Crippen molar-refractivity contribution in [3.63, 3.8) is 0 Å². The van der Waals surface area contributed by atoms with Crippen LogP contribution in [0.2, 0.25) is 0 Å². The van der Waals surface area contributed by atoms with Gasteiger partial charge in [0, 0.05) is 69.9 Å². The first-order chi connectivity index (χ1) is 32.0. The number of nitrogens with one attached hydrogen (secondary N) is 3. The van der Waals surface area contributed by atoms with Crippen molar-refractivity contribution >= 4 is 60.1 Å². The van der Waals surface area contributed by atoms with Crippen LogP contribution in [-0.2, 0) is 20.9 Å². The zero-order valence-corrected chi connectivity index (χ0v) is 39.4. The number of nitrogens with two attached hydrogens (primary N) is 2. The molecule has 360 valence electrons. The van der Waals surface area contributed by atoms with Crippen molar-refractivity contribution in [2.75, 3.05) is 44.6 Å². The van der Waals surface area contributed by atoms with Gasteiger partial charge in [0.2, 0.25) is 17.7 Å². The van der Waals surface area contributed by atoms with Crippen molar-refractivity contribution in [1.82, 2.24) is 34.4 Å². The molecule has 3 aliphatic rings. The lowest BCUT2D eigenvalue weighted by atomic mass is 9.78. The summed E-state index contributed by atoms with van der Waals surface area (Å²) in [5, 5.41) is 8.85. The number of piperazine rings is 1. The van der Waals surface area contributed by atoms with Gasteiger partial charge in [-0.05, 0) is 78.6 Å². The summed E-state index contributed by atoms with van der Waals surface area (Å²) in [7, 11) is 0. The first kappa shape index (κ1) is 50.7. The molecule has 7 N–H and O–H groups in total. The van der Waals surface area contributed by atoms with E-state index in [1.165, 1.54) is 9.36 Å². The molecule has 4 aromatic carbocycles. The van der Waals surface area contributed by atoms with Gasteiger partial charge in [0.05, 0.1) is 17.4 Å². The highest BCUT2D eigenvalue weighted by atomic mass is 35.5. The number of rotatable bonds is 16. The van der Waals surface area contributed by atoms with Gasteiger partial charge in [0.25, 0.3) is 5.91 Å². The highest BCUT2D eigenvalue weighted by Crippen LogP contribution is 2.45. The van der Waals surface area contributed by atoms with Crippen molar-refractivity contribution in [2.24, 2.45) is 21.9 Å². The van der Waals surface area contributed by atoms with Gasteiger partial charge in [-0.2, -0.15) is 9.36 Å². The minimum absolute atomic E-state index is 0. The van der Waals surface area contributed by atoms with Crippen LogP contribution in [-0.4, -0.2) is 98.6 Å². The van der Waals surface area contributed by atoms with Crippen molar-refractivity contribution in [3.05, 3.63) is 147 Å². The zero-order valence-electron chi connectivity index (χ0n) is 37.8. The molecule has 1 unspecified atom stereocenters. The second-order valence-corrected chi connectivity index (χ2v) is 17.4. The number of aromatic nitrogens is 3. The van der Waals surface area contributed by atoms with Crippen molar-refractivity contribution in [2.45, 2.75) is 70.0 Å². The fourth-order valence-corrected chi connectivity index (χ4v) is 9.78. The minimum Gasteiger partial charge on any atom is -0.370 e. The van der Waals surface area contributed by atoms with E-state index >= 15 is 0 Å². The van der Waals surface area contributed by atoms with E-state index < -0.39 is 28.7 Å². The highest BCUT2D eigenvalue weighted by Gasteiger charge is 2.41. The Bertz CT molecular complexity index is 2630. The minimum atomic E-state index is -0.967. The Hall–Kier alpha value is -6.69. The normalized spacial score (nSPS) is 16.6. The van der Waals surface area contributed by atoms with Gasteiger partial charge in [-0.3, -0.25) is 29.1 Å². The first-order valence-electron chi connectivity index (χ1n) is 22.7.